The van der Waals surface area contributed by atoms with E-state index in [-0.39, 0.29) is 40.3 Å². The molecule has 0 unspecified atom stereocenters. The highest BCUT2D eigenvalue weighted by molar-refractivity contribution is 6.09. The lowest BCUT2D eigenvalue weighted by Crippen LogP contribution is -2.31. The number of aromatic nitrogens is 3. The van der Waals surface area contributed by atoms with Crippen LogP contribution in [0.1, 0.15) is 76.4 Å². The number of rotatable bonds is 9. The Kier molecular flexibility index (Phi) is 8.55. The van der Waals surface area contributed by atoms with Crippen molar-refractivity contribution in [2.24, 2.45) is 0 Å². The summed E-state index contributed by atoms with van der Waals surface area (Å²) in [6, 6.07) is 13.9. The number of nitrogens with zero attached hydrogens (tertiary/aromatic N) is 3. The molecule has 0 bridgehead atoms. The fraction of sp³-hybridized carbons (Fsp3) is 0.176. The van der Waals surface area contributed by atoms with Gasteiger partial charge in [0.25, 0.3) is 17.7 Å². The van der Waals surface area contributed by atoms with Crippen LogP contribution in [-0.4, -0.2) is 50.5 Å². The van der Waals surface area contributed by atoms with Gasteiger partial charge in [-0.25, -0.2) is 23.1 Å². The number of carbonyl (C=O) groups is 4. The Balaban J connectivity index is 1.35. The third-order valence-electron chi connectivity index (χ3n) is 8.20. The van der Waals surface area contributed by atoms with Gasteiger partial charge in [-0.2, -0.15) is 5.10 Å². The second kappa shape index (κ2) is 12.9. The molecule has 0 saturated heterocycles. The van der Waals surface area contributed by atoms with Crippen LogP contribution in [0, 0.1) is 18.6 Å². The second-order valence-corrected chi connectivity index (χ2v) is 11.1. The van der Waals surface area contributed by atoms with Crippen LogP contribution in [0.25, 0.3) is 5.65 Å². The summed E-state index contributed by atoms with van der Waals surface area (Å²) in [4.78, 5) is 56.6. The van der Waals surface area contributed by atoms with Gasteiger partial charge in [-0.3, -0.25) is 14.4 Å². The molecule has 0 saturated carbocycles. The molecule has 6 rings (SSSR count). The number of benzene rings is 3. The van der Waals surface area contributed by atoms with Gasteiger partial charge in [0.2, 0.25) is 0 Å². The fourth-order valence-electron chi connectivity index (χ4n) is 5.76. The molecular formula is C34H28F2N6O6. The summed E-state index contributed by atoms with van der Waals surface area (Å²) in [5.41, 5.74) is 2.58. The SMILES string of the molecule is COc1ccccc1NC(=O)c1cnn2c(C(=O)N[C@H]3CCc4c3ccc(C(=O)O)c4C)cc(C(=O)NCc3ccc(F)c(F)c3)nc12. The highest BCUT2D eigenvalue weighted by Crippen LogP contribution is 2.35. The molecule has 3 amide bonds. The van der Waals surface area contributed by atoms with E-state index in [4.69, 9.17) is 4.74 Å². The number of anilines is 1. The summed E-state index contributed by atoms with van der Waals surface area (Å²) in [6.45, 7) is 1.55. The average Bonchev–Trinajstić information content (AvgIpc) is 3.69. The standard InChI is InChI=1S/C34H28F2N6O6/c1-17-19-10-12-25(21(19)9-8-20(17)34(46)47)40-33(45)28-14-27(32(44)37-15-18-7-11-23(35)24(36)13-18)39-30-22(16-38-42(28)30)31(43)41-26-5-3-4-6-29(26)48-2/h3-9,11,13-14,16,25H,10,12,15H2,1-2H3,(H,37,44)(H,40,45)(H,41,43)(H,46,47)/t25-/m0/s1. The van der Waals surface area contributed by atoms with Gasteiger partial charge in [0, 0.05) is 12.6 Å². The first-order valence-corrected chi connectivity index (χ1v) is 14.8. The predicted octanol–water partition coefficient (Wildman–Crippen LogP) is 4.62. The van der Waals surface area contributed by atoms with Gasteiger partial charge in [0.15, 0.2) is 17.3 Å². The van der Waals surface area contributed by atoms with E-state index in [1.54, 1.807) is 37.3 Å². The number of nitrogens with one attached hydrogen (secondary N) is 3. The molecule has 244 valence electrons. The van der Waals surface area contributed by atoms with Crippen LogP contribution >= 0.6 is 0 Å². The van der Waals surface area contributed by atoms with E-state index < -0.39 is 41.4 Å². The molecule has 0 radical (unpaired) electrons. The summed E-state index contributed by atoms with van der Waals surface area (Å²) in [6.07, 6.45) is 2.27. The van der Waals surface area contributed by atoms with Crippen LogP contribution < -0.4 is 20.7 Å². The Hall–Kier alpha value is -6.18. The van der Waals surface area contributed by atoms with Crippen LogP contribution in [0.15, 0.2) is 66.9 Å². The van der Waals surface area contributed by atoms with Crippen LogP contribution in [0.5, 0.6) is 5.75 Å². The number of carboxylic acid groups (broad SMARTS) is 1. The lowest BCUT2D eigenvalue weighted by molar-refractivity contribution is 0.0695. The molecule has 3 aromatic carbocycles. The van der Waals surface area contributed by atoms with E-state index >= 15 is 0 Å². The van der Waals surface area contributed by atoms with Crippen molar-refractivity contribution in [2.45, 2.75) is 32.4 Å². The van der Waals surface area contributed by atoms with E-state index in [0.29, 0.717) is 29.8 Å². The number of amides is 3. The fourth-order valence-corrected chi connectivity index (χ4v) is 5.76. The van der Waals surface area contributed by atoms with Crippen molar-refractivity contribution < 1.29 is 37.8 Å². The number of carboxylic acids is 1. The lowest BCUT2D eigenvalue weighted by Gasteiger charge is -2.16. The molecule has 1 atom stereocenters. The molecule has 48 heavy (non-hydrogen) atoms. The van der Waals surface area contributed by atoms with Crippen LogP contribution in [0.2, 0.25) is 0 Å². The van der Waals surface area contributed by atoms with Gasteiger partial charge in [0.1, 0.15) is 22.7 Å². The normalized spacial score (nSPS) is 13.5. The van der Waals surface area contributed by atoms with Crippen molar-refractivity contribution >= 4 is 35.0 Å². The largest absolute Gasteiger partial charge is 0.495 e. The molecule has 2 heterocycles. The summed E-state index contributed by atoms with van der Waals surface area (Å²) in [5.74, 6) is -4.77. The number of halogens is 2. The van der Waals surface area contributed by atoms with E-state index in [1.807, 2.05) is 0 Å². The Morgan fingerprint density at radius 2 is 1.77 bits per heavy atom. The highest BCUT2D eigenvalue weighted by atomic mass is 19.2. The van der Waals surface area contributed by atoms with Crippen molar-refractivity contribution in [3.63, 3.8) is 0 Å². The number of methoxy groups -OCH3 is 1. The lowest BCUT2D eigenvalue weighted by atomic mass is 9.98. The molecule has 0 fully saturated rings. The van der Waals surface area contributed by atoms with Crippen molar-refractivity contribution in [2.75, 3.05) is 12.4 Å². The van der Waals surface area contributed by atoms with Gasteiger partial charge in [0.05, 0.1) is 30.6 Å². The van der Waals surface area contributed by atoms with Crippen LogP contribution in [-0.2, 0) is 13.0 Å². The Morgan fingerprint density at radius 3 is 2.52 bits per heavy atom. The molecule has 1 aliphatic rings. The molecule has 4 N–H and O–H groups in total. The number of hydrogen-bond acceptors (Lipinski definition) is 7. The first-order valence-electron chi connectivity index (χ1n) is 14.8. The van der Waals surface area contributed by atoms with Gasteiger partial charge in [-0.1, -0.05) is 24.3 Å². The van der Waals surface area contributed by atoms with Crippen LogP contribution in [0.4, 0.5) is 14.5 Å². The third kappa shape index (κ3) is 6.02. The first kappa shape index (κ1) is 31.8. The van der Waals surface area contributed by atoms with Crippen molar-refractivity contribution in [1.82, 2.24) is 25.2 Å². The van der Waals surface area contributed by atoms with Gasteiger partial charge in [-0.15, -0.1) is 0 Å². The molecule has 14 heteroatoms. The average molecular weight is 655 g/mol. The first-order chi connectivity index (χ1) is 23.0. The maximum absolute atomic E-state index is 13.8. The molecule has 12 nitrogen and oxygen atoms in total. The number of para-hydroxylation sites is 2. The van der Waals surface area contributed by atoms with Gasteiger partial charge < -0.3 is 25.8 Å². The molecular weight excluding hydrogens is 626 g/mol. The molecule has 1 aliphatic carbocycles. The molecule has 5 aromatic rings. The van der Waals surface area contributed by atoms with Crippen molar-refractivity contribution in [3.05, 3.63) is 123 Å². The minimum Gasteiger partial charge on any atom is -0.495 e. The Labute approximate surface area is 271 Å². The van der Waals surface area contributed by atoms with Crippen LogP contribution in [0.3, 0.4) is 0 Å². The predicted molar refractivity (Wildman–Crippen MR) is 168 cm³/mol. The smallest absolute Gasteiger partial charge is 0.335 e. The quantitative estimate of drug-likeness (QED) is 0.179. The molecule has 0 spiro atoms. The van der Waals surface area contributed by atoms with Gasteiger partial charge in [-0.05, 0) is 72.4 Å². The molecule has 2 aromatic heterocycles. The highest BCUT2D eigenvalue weighted by Gasteiger charge is 2.30. The van der Waals surface area contributed by atoms with Gasteiger partial charge >= 0.3 is 5.97 Å². The zero-order valence-corrected chi connectivity index (χ0v) is 25.6. The number of ether oxygens (including phenoxy) is 1. The van der Waals surface area contributed by atoms with E-state index in [0.717, 1.165) is 27.8 Å². The van der Waals surface area contributed by atoms with E-state index in [9.17, 15) is 33.1 Å². The zero-order chi connectivity index (χ0) is 34.1. The number of carbonyl (C=O) groups excluding carboxylic acids is 3. The Morgan fingerprint density at radius 1 is 0.979 bits per heavy atom. The third-order valence-corrected chi connectivity index (χ3v) is 8.20. The second-order valence-electron chi connectivity index (χ2n) is 11.1. The van der Waals surface area contributed by atoms with E-state index in [1.165, 1.54) is 31.5 Å². The summed E-state index contributed by atoms with van der Waals surface area (Å²) in [7, 11) is 1.45. The minimum atomic E-state index is -1.08. The van der Waals surface area contributed by atoms with E-state index in [2.05, 4.69) is 26.0 Å². The van der Waals surface area contributed by atoms with Crippen molar-refractivity contribution in [1.29, 1.82) is 0 Å². The minimum absolute atomic E-state index is 0.0479. The maximum atomic E-state index is 13.8. The van der Waals surface area contributed by atoms with Crippen molar-refractivity contribution in [3.8, 4) is 5.75 Å². The monoisotopic (exact) mass is 654 g/mol. The number of hydrogen-bond donors (Lipinski definition) is 4. The number of fused-ring (bicyclic) bond motifs is 2. The topological polar surface area (TPSA) is 164 Å². The number of aromatic carboxylic acids is 1. The summed E-state index contributed by atoms with van der Waals surface area (Å²) < 4.78 is 33.6. The molecule has 0 aliphatic heterocycles. The summed E-state index contributed by atoms with van der Waals surface area (Å²) in [5, 5.41) is 22.0. The summed E-state index contributed by atoms with van der Waals surface area (Å²) >= 11 is 0. The zero-order valence-electron chi connectivity index (χ0n) is 25.6. The maximum Gasteiger partial charge on any atom is 0.335 e. The Bertz CT molecular complexity index is 2130.